The van der Waals surface area contributed by atoms with Crippen molar-refractivity contribution in [3.05, 3.63) is 82.1 Å². The highest BCUT2D eigenvalue weighted by Gasteiger charge is 2.43. The second kappa shape index (κ2) is 11.6. The summed E-state index contributed by atoms with van der Waals surface area (Å²) in [7, 11) is 0. The minimum absolute atomic E-state index is 0. The van der Waals surface area contributed by atoms with E-state index in [1.165, 1.54) is 28.1 Å². The van der Waals surface area contributed by atoms with Crippen LogP contribution in [0.4, 0.5) is 5.69 Å². The lowest BCUT2D eigenvalue weighted by molar-refractivity contribution is -0.437. The topological polar surface area (TPSA) is 44.9 Å². The van der Waals surface area contributed by atoms with E-state index in [0.717, 1.165) is 87.7 Å². The second-order valence-corrected chi connectivity index (χ2v) is 11.4. The quantitative estimate of drug-likeness (QED) is 0.389. The number of halogens is 1. The van der Waals surface area contributed by atoms with Gasteiger partial charge < -0.3 is 38.6 Å². The van der Waals surface area contributed by atoms with Crippen LogP contribution in [0.2, 0.25) is 0 Å². The molecule has 6 heteroatoms. The number of para-hydroxylation sites is 1. The Morgan fingerprint density at radius 1 is 1.08 bits per heavy atom. The van der Waals surface area contributed by atoms with Crippen molar-refractivity contribution >= 4 is 17.5 Å². The van der Waals surface area contributed by atoms with E-state index < -0.39 is 0 Å². The molecule has 1 N–H and O–H groups in total. The van der Waals surface area contributed by atoms with Gasteiger partial charge in [0, 0.05) is 61.0 Å². The van der Waals surface area contributed by atoms with Gasteiger partial charge in [-0.05, 0) is 62.5 Å². The molecule has 0 atom stereocenters. The van der Waals surface area contributed by atoms with Gasteiger partial charge in [0.1, 0.15) is 23.8 Å². The SMILES string of the molecule is CCC[N+]1=C(/C=C/C2=C3Oc4cc(O)c(CN5CCOCC5)cc4C=C3CCC2)C(C)(C)c2ccccc21.[I-]. The predicted molar refractivity (Wildman–Crippen MR) is 152 cm³/mol. The Hall–Kier alpha value is -2.42. The standard InChI is InChI=1S/C33H38N2O3.HI/c1-4-14-35-28-11-6-5-10-27(28)33(2,3)31(35)13-12-23-8-7-9-24-19-25-20-26(22-34-15-17-37-18-16-34)29(36)21-30(25)38-32(23)24;/h5-6,10-13,19-21H,4,7-9,14-18,22H2,1-3H3;1H. The summed E-state index contributed by atoms with van der Waals surface area (Å²) >= 11 is 0. The van der Waals surface area contributed by atoms with Crippen molar-refractivity contribution in [1.82, 2.24) is 4.90 Å². The van der Waals surface area contributed by atoms with Crippen molar-refractivity contribution in [2.45, 2.75) is 58.4 Å². The van der Waals surface area contributed by atoms with E-state index in [1.54, 1.807) is 6.07 Å². The van der Waals surface area contributed by atoms with E-state index in [9.17, 15) is 5.11 Å². The van der Waals surface area contributed by atoms with Crippen molar-refractivity contribution in [2.24, 2.45) is 0 Å². The third kappa shape index (κ3) is 5.35. The molecule has 206 valence electrons. The first-order chi connectivity index (χ1) is 18.5. The number of aromatic hydroxyl groups is 1. The van der Waals surface area contributed by atoms with Gasteiger partial charge in [0.15, 0.2) is 5.71 Å². The summed E-state index contributed by atoms with van der Waals surface area (Å²) in [6.45, 7) is 11.9. The molecule has 6 rings (SSSR count). The lowest BCUT2D eigenvalue weighted by atomic mass is 9.81. The molecular formula is C33H39IN2O3. The molecule has 0 spiro atoms. The normalized spacial score (nSPS) is 20.2. The minimum Gasteiger partial charge on any atom is -1.00 e. The van der Waals surface area contributed by atoms with Crippen LogP contribution in [0.1, 0.15) is 63.1 Å². The zero-order chi connectivity index (χ0) is 26.3. The molecule has 2 aromatic rings. The van der Waals surface area contributed by atoms with Gasteiger partial charge in [-0.25, -0.2) is 0 Å². The van der Waals surface area contributed by atoms with Crippen LogP contribution in [0.3, 0.4) is 0 Å². The minimum atomic E-state index is -0.0521. The maximum atomic E-state index is 10.8. The number of phenolic OH excluding ortho intramolecular Hbond substituents is 1. The highest BCUT2D eigenvalue weighted by atomic mass is 127. The fourth-order valence-electron chi connectivity index (χ4n) is 6.37. The molecule has 0 bridgehead atoms. The molecule has 0 saturated carbocycles. The van der Waals surface area contributed by atoms with E-state index in [1.807, 2.05) is 0 Å². The summed E-state index contributed by atoms with van der Waals surface area (Å²) < 4.78 is 14.5. The van der Waals surface area contributed by atoms with E-state index in [0.29, 0.717) is 5.75 Å². The zero-order valence-electron chi connectivity index (χ0n) is 23.3. The Kier molecular flexibility index (Phi) is 8.36. The number of allylic oxidation sites excluding steroid dienone is 4. The van der Waals surface area contributed by atoms with Gasteiger partial charge in [0.25, 0.3) is 0 Å². The van der Waals surface area contributed by atoms with Crippen LogP contribution in [0, 0.1) is 0 Å². The highest BCUT2D eigenvalue weighted by Crippen LogP contribution is 2.43. The van der Waals surface area contributed by atoms with E-state index in [4.69, 9.17) is 9.47 Å². The van der Waals surface area contributed by atoms with Crippen molar-refractivity contribution in [1.29, 1.82) is 0 Å². The maximum Gasteiger partial charge on any atom is 0.209 e. The number of benzene rings is 2. The van der Waals surface area contributed by atoms with Gasteiger partial charge in [-0.1, -0.05) is 25.1 Å². The summed E-state index contributed by atoms with van der Waals surface area (Å²) in [5.74, 6) is 2.02. The van der Waals surface area contributed by atoms with Gasteiger partial charge >= 0.3 is 0 Å². The Bertz CT molecular complexity index is 1380. The number of nitrogens with zero attached hydrogens (tertiary/aromatic N) is 2. The number of hydrogen-bond donors (Lipinski definition) is 1. The van der Waals surface area contributed by atoms with Crippen LogP contribution in [-0.2, 0) is 16.7 Å². The van der Waals surface area contributed by atoms with Gasteiger partial charge in [-0.3, -0.25) is 4.90 Å². The lowest BCUT2D eigenvalue weighted by Gasteiger charge is -2.29. The Balaban J connectivity index is 0.00000308. The molecule has 1 saturated heterocycles. The molecule has 1 fully saturated rings. The molecule has 5 nitrogen and oxygen atoms in total. The van der Waals surface area contributed by atoms with Crippen molar-refractivity contribution in [3.63, 3.8) is 0 Å². The average molecular weight is 639 g/mol. The molecule has 0 radical (unpaired) electrons. The van der Waals surface area contributed by atoms with E-state index in [2.05, 4.69) is 78.8 Å². The Labute approximate surface area is 249 Å². The van der Waals surface area contributed by atoms with Crippen LogP contribution in [0.25, 0.3) is 6.08 Å². The first kappa shape index (κ1) is 28.1. The molecular weight excluding hydrogens is 599 g/mol. The largest absolute Gasteiger partial charge is 1.00 e. The van der Waals surface area contributed by atoms with Gasteiger partial charge in [0.2, 0.25) is 5.69 Å². The molecule has 2 aromatic carbocycles. The monoisotopic (exact) mass is 638 g/mol. The number of phenols is 1. The molecule has 0 unspecified atom stereocenters. The van der Waals surface area contributed by atoms with Crippen LogP contribution in [0.5, 0.6) is 11.5 Å². The van der Waals surface area contributed by atoms with Crippen molar-refractivity contribution < 1.29 is 43.1 Å². The fourth-order valence-corrected chi connectivity index (χ4v) is 6.37. The zero-order valence-corrected chi connectivity index (χ0v) is 25.5. The number of hydrogen-bond acceptors (Lipinski definition) is 4. The van der Waals surface area contributed by atoms with Gasteiger partial charge in [-0.2, -0.15) is 4.58 Å². The third-order valence-electron chi connectivity index (χ3n) is 8.41. The number of ether oxygens (including phenoxy) is 2. The average Bonchev–Trinajstić information content (AvgIpc) is 3.13. The fraction of sp³-hybridized carbons (Fsp3) is 0.424. The third-order valence-corrected chi connectivity index (χ3v) is 8.41. The van der Waals surface area contributed by atoms with Crippen LogP contribution < -0.4 is 28.7 Å². The van der Waals surface area contributed by atoms with Gasteiger partial charge in [-0.15, -0.1) is 0 Å². The summed E-state index contributed by atoms with van der Waals surface area (Å²) in [5.41, 5.74) is 8.51. The smallest absolute Gasteiger partial charge is 0.209 e. The predicted octanol–water partition coefficient (Wildman–Crippen LogP) is 3.48. The molecule has 4 aliphatic rings. The second-order valence-electron chi connectivity index (χ2n) is 11.4. The maximum absolute atomic E-state index is 10.8. The van der Waals surface area contributed by atoms with Crippen LogP contribution >= 0.6 is 0 Å². The summed E-state index contributed by atoms with van der Waals surface area (Å²) in [6.07, 6.45) is 11.1. The Morgan fingerprint density at radius 2 is 1.87 bits per heavy atom. The number of fused-ring (bicyclic) bond motifs is 3. The molecule has 0 amide bonds. The molecule has 3 aliphatic heterocycles. The van der Waals surface area contributed by atoms with Crippen LogP contribution in [-0.4, -0.2) is 53.1 Å². The first-order valence-corrected chi connectivity index (χ1v) is 14.2. The lowest BCUT2D eigenvalue weighted by Crippen LogP contribution is -3.00. The summed E-state index contributed by atoms with van der Waals surface area (Å²) in [4.78, 5) is 2.33. The van der Waals surface area contributed by atoms with Crippen LogP contribution in [0.15, 0.2) is 65.5 Å². The Morgan fingerprint density at radius 3 is 2.67 bits per heavy atom. The van der Waals surface area contributed by atoms with Crippen molar-refractivity contribution in [3.8, 4) is 11.5 Å². The molecule has 0 aromatic heterocycles. The van der Waals surface area contributed by atoms with Crippen molar-refractivity contribution in [2.75, 3.05) is 32.8 Å². The first-order valence-electron chi connectivity index (χ1n) is 14.2. The molecule has 1 aliphatic carbocycles. The summed E-state index contributed by atoms with van der Waals surface area (Å²) in [5, 5.41) is 10.8. The van der Waals surface area contributed by atoms with E-state index >= 15 is 0 Å². The molecule has 3 heterocycles. The van der Waals surface area contributed by atoms with E-state index in [-0.39, 0.29) is 29.4 Å². The van der Waals surface area contributed by atoms with Gasteiger partial charge in [0.05, 0.1) is 18.6 Å². The number of rotatable bonds is 6. The highest BCUT2D eigenvalue weighted by molar-refractivity contribution is 6.03. The summed E-state index contributed by atoms with van der Waals surface area (Å²) in [6, 6.07) is 12.7. The molecule has 39 heavy (non-hydrogen) atoms. The number of morpholine rings is 1.